The molecule has 2 heterocycles. The quantitative estimate of drug-likeness (QED) is 0.398. The summed E-state index contributed by atoms with van der Waals surface area (Å²) in [6, 6.07) is 20.1. The van der Waals surface area contributed by atoms with Crippen molar-refractivity contribution in [2.75, 3.05) is 11.5 Å². The lowest BCUT2D eigenvalue weighted by molar-refractivity contribution is 0.771. The van der Waals surface area contributed by atoms with Crippen molar-refractivity contribution in [2.24, 2.45) is 0 Å². The first-order chi connectivity index (χ1) is 13.2. The van der Waals surface area contributed by atoms with Gasteiger partial charge in [-0.3, -0.25) is 4.57 Å². The van der Waals surface area contributed by atoms with Crippen LogP contribution in [-0.2, 0) is 13.0 Å². The van der Waals surface area contributed by atoms with E-state index in [1.54, 1.807) is 4.57 Å². The van der Waals surface area contributed by atoms with E-state index in [4.69, 9.17) is 5.73 Å². The Balaban J connectivity index is 1.59. The van der Waals surface area contributed by atoms with Gasteiger partial charge in [-0.25, -0.2) is 14.8 Å². The first kappa shape index (κ1) is 17.4. The van der Waals surface area contributed by atoms with Crippen LogP contribution in [0, 0.1) is 0 Å². The van der Waals surface area contributed by atoms with Gasteiger partial charge in [0.15, 0.2) is 16.6 Å². The molecule has 0 bridgehead atoms. The van der Waals surface area contributed by atoms with Gasteiger partial charge < -0.3 is 10.7 Å². The van der Waals surface area contributed by atoms with E-state index in [9.17, 15) is 4.79 Å². The molecule has 0 unspecified atom stereocenters. The number of benzene rings is 2. The summed E-state index contributed by atoms with van der Waals surface area (Å²) in [5.41, 5.74) is 9.15. The number of rotatable bonds is 6. The predicted molar refractivity (Wildman–Crippen MR) is 109 cm³/mol. The van der Waals surface area contributed by atoms with Gasteiger partial charge in [0.2, 0.25) is 0 Å². The number of nitrogens with zero attached hydrogens (tertiary/aromatic N) is 3. The van der Waals surface area contributed by atoms with Crippen LogP contribution in [0.15, 0.2) is 70.6 Å². The smallest absolute Gasteiger partial charge is 0.328 e. The van der Waals surface area contributed by atoms with Crippen molar-refractivity contribution in [3.05, 3.63) is 82.3 Å². The Morgan fingerprint density at radius 2 is 1.63 bits per heavy atom. The number of H-pyrrole nitrogens is 1. The maximum Gasteiger partial charge on any atom is 0.328 e. The van der Waals surface area contributed by atoms with Crippen molar-refractivity contribution in [1.82, 2.24) is 19.5 Å². The fourth-order valence-corrected chi connectivity index (χ4v) is 3.75. The molecule has 0 aliphatic rings. The van der Waals surface area contributed by atoms with E-state index in [0.29, 0.717) is 28.7 Å². The second-order valence-corrected chi connectivity index (χ2v) is 7.24. The average Bonchev–Trinajstić information content (AvgIpc) is 3.00. The Kier molecular flexibility index (Phi) is 4.93. The van der Waals surface area contributed by atoms with Crippen molar-refractivity contribution >= 4 is 28.7 Å². The highest BCUT2D eigenvalue weighted by atomic mass is 32.2. The van der Waals surface area contributed by atoms with Crippen LogP contribution >= 0.6 is 11.8 Å². The van der Waals surface area contributed by atoms with Crippen LogP contribution in [0.5, 0.6) is 0 Å². The predicted octanol–water partition coefficient (Wildman–Crippen LogP) is 3.08. The zero-order chi connectivity index (χ0) is 18.6. The summed E-state index contributed by atoms with van der Waals surface area (Å²) in [5.74, 6) is 1.13. The molecule has 2 aromatic carbocycles. The second kappa shape index (κ2) is 7.67. The Bertz CT molecular complexity index is 1110. The Hall–Kier alpha value is -3.06. The number of aromatic amines is 1. The van der Waals surface area contributed by atoms with Gasteiger partial charge >= 0.3 is 5.69 Å². The van der Waals surface area contributed by atoms with Crippen molar-refractivity contribution in [2.45, 2.75) is 18.1 Å². The third-order valence-electron chi connectivity index (χ3n) is 4.28. The van der Waals surface area contributed by atoms with E-state index in [0.717, 1.165) is 17.7 Å². The molecule has 6 nitrogen and oxygen atoms in total. The molecular formula is C20H19N5OS. The lowest BCUT2D eigenvalue weighted by atomic mass is 10.2. The van der Waals surface area contributed by atoms with Gasteiger partial charge in [-0.1, -0.05) is 72.4 Å². The number of nitrogen functional groups attached to an aromatic ring is 1. The number of nitrogens with one attached hydrogen (secondary N) is 1. The summed E-state index contributed by atoms with van der Waals surface area (Å²) in [6.07, 6.45) is 0.913. The summed E-state index contributed by atoms with van der Waals surface area (Å²) < 4.78 is 1.60. The number of hydrogen-bond acceptors (Lipinski definition) is 5. The van der Waals surface area contributed by atoms with Crippen molar-refractivity contribution < 1.29 is 0 Å². The molecule has 136 valence electrons. The molecule has 0 aliphatic heterocycles. The lowest BCUT2D eigenvalue weighted by Gasteiger charge is -2.06. The minimum atomic E-state index is -0.235. The van der Waals surface area contributed by atoms with Crippen LogP contribution in [0.1, 0.15) is 11.1 Å². The van der Waals surface area contributed by atoms with E-state index < -0.39 is 0 Å². The number of fused-ring (bicyclic) bond motifs is 1. The summed E-state index contributed by atoms with van der Waals surface area (Å²) in [5, 5.41) is 0.580. The van der Waals surface area contributed by atoms with Gasteiger partial charge in [-0.2, -0.15) is 0 Å². The number of imidazole rings is 1. The highest BCUT2D eigenvalue weighted by Crippen LogP contribution is 2.21. The average molecular weight is 377 g/mol. The standard InChI is InChI=1S/C20H19N5OS/c21-17-16-18(25(20(26)22-16)13-15-9-5-2-6-10-15)24-19(23-17)27-12-11-14-7-3-1-4-8-14/h1-10H,11-13H2,(H,22,26)(H2,21,23,24). The normalized spacial score (nSPS) is 11.1. The minimum Gasteiger partial charge on any atom is -0.382 e. The molecule has 0 radical (unpaired) electrons. The number of aryl methyl sites for hydroxylation is 1. The molecule has 3 N–H and O–H groups in total. The Morgan fingerprint density at radius 1 is 0.963 bits per heavy atom. The molecule has 0 fully saturated rings. The maximum absolute atomic E-state index is 12.4. The maximum atomic E-state index is 12.4. The van der Waals surface area contributed by atoms with Crippen LogP contribution in [0.2, 0.25) is 0 Å². The van der Waals surface area contributed by atoms with Crippen LogP contribution < -0.4 is 11.4 Å². The molecule has 0 aliphatic carbocycles. The molecule has 4 rings (SSSR count). The number of aromatic nitrogens is 4. The zero-order valence-electron chi connectivity index (χ0n) is 14.6. The SMILES string of the molecule is Nc1nc(SCCc2ccccc2)nc2c1[nH]c(=O)n2Cc1ccccc1. The van der Waals surface area contributed by atoms with Crippen LogP contribution in [0.3, 0.4) is 0 Å². The van der Waals surface area contributed by atoms with E-state index in [1.807, 2.05) is 48.5 Å². The van der Waals surface area contributed by atoms with Crippen molar-refractivity contribution in [3.8, 4) is 0 Å². The molecule has 0 amide bonds. The summed E-state index contributed by atoms with van der Waals surface area (Å²) in [7, 11) is 0. The van der Waals surface area contributed by atoms with E-state index in [1.165, 1.54) is 17.3 Å². The van der Waals surface area contributed by atoms with Gasteiger partial charge in [-0.05, 0) is 17.5 Å². The zero-order valence-corrected chi connectivity index (χ0v) is 15.4. The highest BCUT2D eigenvalue weighted by molar-refractivity contribution is 7.99. The van der Waals surface area contributed by atoms with E-state index in [-0.39, 0.29) is 5.69 Å². The van der Waals surface area contributed by atoms with Crippen LogP contribution in [0.4, 0.5) is 5.82 Å². The summed E-state index contributed by atoms with van der Waals surface area (Å²) >= 11 is 1.54. The van der Waals surface area contributed by atoms with Crippen LogP contribution in [-0.4, -0.2) is 25.3 Å². The molecular weight excluding hydrogens is 358 g/mol. The third kappa shape index (κ3) is 3.88. The molecule has 0 saturated heterocycles. The summed E-state index contributed by atoms with van der Waals surface area (Å²) in [6.45, 7) is 0.435. The summed E-state index contributed by atoms with van der Waals surface area (Å²) in [4.78, 5) is 24.1. The molecule has 27 heavy (non-hydrogen) atoms. The molecule has 0 spiro atoms. The van der Waals surface area contributed by atoms with Gasteiger partial charge in [0.25, 0.3) is 0 Å². The van der Waals surface area contributed by atoms with E-state index >= 15 is 0 Å². The topological polar surface area (TPSA) is 89.6 Å². The highest BCUT2D eigenvalue weighted by Gasteiger charge is 2.14. The molecule has 0 atom stereocenters. The van der Waals surface area contributed by atoms with Gasteiger partial charge in [0, 0.05) is 5.75 Å². The molecule has 4 aromatic rings. The Morgan fingerprint density at radius 3 is 2.33 bits per heavy atom. The number of thioether (sulfide) groups is 1. The van der Waals surface area contributed by atoms with Crippen LogP contribution in [0.25, 0.3) is 11.2 Å². The molecule has 0 saturated carbocycles. The minimum absolute atomic E-state index is 0.235. The Labute approximate surface area is 160 Å². The monoisotopic (exact) mass is 377 g/mol. The molecule has 2 aromatic heterocycles. The first-order valence-electron chi connectivity index (χ1n) is 8.67. The number of nitrogens with two attached hydrogens (primary N) is 1. The van der Waals surface area contributed by atoms with Gasteiger partial charge in [-0.15, -0.1) is 0 Å². The van der Waals surface area contributed by atoms with Crippen molar-refractivity contribution in [1.29, 1.82) is 0 Å². The second-order valence-electron chi connectivity index (χ2n) is 6.18. The van der Waals surface area contributed by atoms with Crippen molar-refractivity contribution in [3.63, 3.8) is 0 Å². The fraction of sp³-hybridized carbons (Fsp3) is 0.150. The number of anilines is 1. The molecule has 7 heteroatoms. The lowest BCUT2D eigenvalue weighted by Crippen LogP contribution is -2.17. The third-order valence-corrected chi connectivity index (χ3v) is 5.13. The first-order valence-corrected chi connectivity index (χ1v) is 9.66. The van der Waals surface area contributed by atoms with E-state index in [2.05, 4.69) is 27.1 Å². The van der Waals surface area contributed by atoms with Gasteiger partial charge in [0.1, 0.15) is 5.52 Å². The fourth-order valence-electron chi connectivity index (χ4n) is 2.91. The largest absolute Gasteiger partial charge is 0.382 e. The number of hydrogen-bond donors (Lipinski definition) is 2. The van der Waals surface area contributed by atoms with Gasteiger partial charge in [0.05, 0.1) is 6.54 Å².